The number of hydrogen-bond donors (Lipinski definition) is 1. The summed E-state index contributed by atoms with van der Waals surface area (Å²) in [5, 5.41) is 0. The van der Waals surface area contributed by atoms with E-state index in [-0.39, 0.29) is 11.7 Å². The topological polar surface area (TPSA) is 45.8 Å². The zero-order chi connectivity index (χ0) is 10.1. The summed E-state index contributed by atoms with van der Waals surface area (Å²) in [4.78, 5) is 19.0. The number of hydrogen-bond acceptors (Lipinski definition) is 2. The monoisotopic (exact) mass is 188 g/mol. The zero-order valence-electron chi connectivity index (χ0n) is 8.24. The highest BCUT2D eigenvalue weighted by molar-refractivity contribution is 5.97. The highest BCUT2D eigenvalue weighted by Gasteiger charge is 2.12. The molecule has 0 atom stereocenters. The molecule has 2 rings (SSSR count). The number of pyridine rings is 1. The van der Waals surface area contributed by atoms with Crippen molar-refractivity contribution in [2.75, 3.05) is 0 Å². The number of H-pyrrole nitrogens is 1. The van der Waals surface area contributed by atoms with Gasteiger partial charge in [0, 0.05) is 12.1 Å². The molecular formula is C11H12N2O. The third kappa shape index (κ3) is 1.41. The summed E-state index contributed by atoms with van der Waals surface area (Å²) in [5.41, 5.74) is 2.36. The van der Waals surface area contributed by atoms with Crippen LogP contribution in [0.2, 0.25) is 0 Å². The summed E-state index contributed by atoms with van der Waals surface area (Å²) in [6.07, 6.45) is 1.82. The average Bonchev–Trinajstić information content (AvgIpc) is 2.62. The fourth-order valence-corrected chi connectivity index (χ4v) is 1.37. The molecular weight excluding hydrogens is 176 g/mol. The van der Waals surface area contributed by atoms with Crippen molar-refractivity contribution in [3.63, 3.8) is 0 Å². The number of aromatic nitrogens is 2. The standard InChI is InChI=1S/C11H12N2O/c1-7(2)11(14)10-4-3-8-9(13-10)5-6-12-8/h3-7,12H,1-2H3. The third-order valence-electron chi connectivity index (χ3n) is 2.18. The molecule has 0 saturated heterocycles. The number of rotatable bonds is 2. The van der Waals surface area contributed by atoms with Gasteiger partial charge in [0.25, 0.3) is 0 Å². The number of carbonyl (C=O) groups is 1. The summed E-state index contributed by atoms with van der Waals surface area (Å²) < 4.78 is 0. The number of aromatic amines is 1. The van der Waals surface area contributed by atoms with Crippen LogP contribution >= 0.6 is 0 Å². The first-order valence-electron chi connectivity index (χ1n) is 4.67. The average molecular weight is 188 g/mol. The molecule has 2 heterocycles. The van der Waals surface area contributed by atoms with E-state index in [0.29, 0.717) is 5.69 Å². The van der Waals surface area contributed by atoms with E-state index in [9.17, 15) is 4.79 Å². The van der Waals surface area contributed by atoms with Gasteiger partial charge in [0.2, 0.25) is 0 Å². The van der Waals surface area contributed by atoms with Crippen molar-refractivity contribution >= 4 is 16.8 Å². The molecule has 0 aliphatic rings. The van der Waals surface area contributed by atoms with Gasteiger partial charge in [-0.05, 0) is 18.2 Å². The Bertz CT molecular complexity index is 471. The van der Waals surface area contributed by atoms with Crippen LogP contribution in [0.4, 0.5) is 0 Å². The molecule has 0 spiro atoms. The highest BCUT2D eigenvalue weighted by Crippen LogP contribution is 2.12. The normalized spacial score (nSPS) is 11.1. The van der Waals surface area contributed by atoms with E-state index in [2.05, 4.69) is 9.97 Å². The quantitative estimate of drug-likeness (QED) is 0.735. The molecule has 2 aromatic heterocycles. The van der Waals surface area contributed by atoms with Gasteiger partial charge in [0.05, 0.1) is 11.0 Å². The zero-order valence-corrected chi connectivity index (χ0v) is 8.24. The van der Waals surface area contributed by atoms with Gasteiger partial charge >= 0.3 is 0 Å². The second-order valence-electron chi connectivity index (χ2n) is 3.63. The van der Waals surface area contributed by atoms with E-state index in [1.165, 1.54) is 0 Å². The molecule has 0 fully saturated rings. The van der Waals surface area contributed by atoms with Crippen molar-refractivity contribution in [3.8, 4) is 0 Å². The fraction of sp³-hybridized carbons (Fsp3) is 0.273. The van der Waals surface area contributed by atoms with Crippen LogP contribution in [0.25, 0.3) is 11.0 Å². The van der Waals surface area contributed by atoms with Crippen molar-refractivity contribution in [3.05, 3.63) is 30.1 Å². The fourth-order valence-electron chi connectivity index (χ4n) is 1.37. The number of carbonyl (C=O) groups excluding carboxylic acids is 1. The van der Waals surface area contributed by atoms with Crippen LogP contribution < -0.4 is 0 Å². The Kier molecular flexibility index (Phi) is 2.08. The molecule has 0 bridgehead atoms. The van der Waals surface area contributed by atoms with Crippen molar-refractivity contribution in [2.45, 2.75) is 13.8 Å². The molecule has 2 aromatic rings. The van der Waals surface area contributed by atoms with E-state index < -0.39 is 0 Å². The van der Waals surface area contributed by atoms with Crippen LogP contribution in [-0.2, 0) is 0 Å². The molecule has 1 N–H and O–H groups in total. The van der Waals surface area contributed by atoms with Crippen molar-refractivity contribution in [2.24, 2.45) is 5.92 Å². The summed E-state index contributed by atoms with van der Waals surface area (Å²) in [5.74, 6) is 0.0898. The first-order chi connectivity index (χ1) is 6.68. The van der Waals surface area contributed by atoms with Crippen LogP contribution in [0.3, 0.4) is 0 Å². The van der Waals surface area contributed by atoms with E-state index >= 15 is 0 Å². The van der Waals surface area contributed by atoms with Gasteiger partial charge in [0.1, 0.15) is 5.69 Å². The van der Waals surface area contributed by atoms with Gasteiger partial charge in [-0.3, -0.25) is 4.79 Å². The lowest BCUT2D eigenvalue weighted by molar-refractivity contribution is 0.0935. The predicted molar refractivity (Wildman–Crippen MR) is 55.3 cm³/mol. The smallest absolute Gasteiger partial charge is 0.183 e. The first-order valence-corrected chi connectivity index (χ1v) is 4.67. The van der Waals surface area contributed by atoms with Gasteiger partial charge in [-0.25, -0.2) is 4.98 Å². The first kappa shape index (κ1) is 8.94. The maximum atomic E-state index is 11.6. The molecule has 0 saturated carbocycles. The molecule has 0 unspecified atom stereocenters. The summed E-state index contributed by atoms with van der Waals surface area (Å²) in [6, 6.07) is 5.52. The largest absolute Gasteiger partial charge is 0.360 e. The van der Waals surface area contributed by atoms with Gasteiger partial charge in [-0.15, -0.1) is 0 Å². The summed E-state index contributed by atoms with van der Waals surface area (Å²) in [6.45, 7) is 3.76. The lowest BCUT2D eigenvalue weighted by Gasteiger charge is -2.02. The van der Waals surface area contributed by atoms with Crippen molar-refractivity contribution < 1.29 is 4.79 Å². The molecule has 0 aromatic carbocycles. The number of nitrogens with one attached hydrogen (secondary N) is 1. The number of nitrogens with zero attached hydrogens (tertiary/aromatic N) is 1. The van der Waals surface area contributed by atoms with Crippen LogP contribution in [-0.4, -0.2) is 15.8 Å². The summed E-state index contributed by atoms with van der Waals surface area (Å²) >= 11 is 0. The molecule has 0 aliphatic heterocycles. The van der Waals surface area contributed by atoms with Gasteiger partial charge < -0.3 is 4.98 Å². The van der Waals surface area contributed by atoms with E-state index in [4.69, 9.17) is 0 Å². The minimum absolute atomic E-state index is 0.00103. The van der Waals surface area contributed by atoms with Crippen LogP contribution in [0, 0.1) is 5.92 Å². The Morgan fingerprint density at radius 3 is 2.86 bits per heavy atom. The predicted octanol–water partition coefficient (Wildman–Crippen LogP) is 2.40. The molecule has 0 amide bonds. The summed E-state index contributed by atoms with van der Waals surface area (Å²) in [7, 11) is 0. The molecule has 3 nitrogen and oxygen atoms in total. The molecule has 0 aliphatic carbocycles. The van der Waals surface area contributed by atoms with E-state index in [1.807, 2.05) is 32.2 Å². The van der Waals surface area contributed by atoms with E-state index in [0.717, 1.165) is 11.0 Å². The molecule has 3 heteroatoms. The van der Waals surface area contributed by atoms with Crippen molar-refractivity contribution in [1.29, 1.82) is 0 Å². The Morgan fingerprint density at radius 1 is 1.36 bits per heavy atom. The second kappa shape index (κ2) is 3.25. The Hall–Kier alpha value is -1.64. The van der Waals surface area contributed by atoms with Gasteiger partial charge in [-0.2, -0.15) is 0 Å². The molecule has 0 radical (unpaired) electrons. The maximum Gasteiger partial charge on any atom is 0.183 e. The Labute approximate surface area is 82.2 Å². The van der Waals surface area contributed by atoms with Crippen LogP contribution in [0.1, 0.15) is 24.3 Å². The maximum absolute atomic E-state index is 11.6. The number of fused-ring (bicyclic) bond motifs is 1. The lowest BCUT2D eigenvalue weighted by atomic mass is 10.1. The van der Waals surface area contributed by atoms with E-state index in [1.54, 1.807) is 6.07 Å². The van der Waals surface area contributed by atoms with Gasteiger partial charge in [-0.1, -0.05) is 13.8 Å². The number of ketones is 1. The highest BCUT2D eigenvalue weighted by atomic mass is 16.1. The van der Waals surface area contributed by atoms with Crippen LogP contribution in [0.5, 0.6) is 0 Å². The van der Waals surface area contributed by atoms with Crippen LogP contribution in [0.15, 0.2) is 24.4 Å². The number of Topliss-reactive ketones (excluding diaryl/α,β-unsaturated/α-hetero) is 1. The molecule has 14 heavy (non-hydrogen) atoms. The Balaban J connectivity index is 2.48. The minimum atomic E-state index is -0.00103. The third-order valence-corrected chi connectivity index (χ3v) is 2.18. The van der Waals surface area contributed by atoms with Crippen molar-refractivity contribution in [1.82, 2.24) is 9.97 Å². The van der Waals surface area contributed by atoms with Gasteiger partial charge in [0.15, 0.2) is 5.78 Å². The molecule has 72 valence electrons. The Morgan fingerprint density at radius 2 is 2.14 bits per heavy atom. The second-order valence-corrected chi connectivity index (χ2v) is 3.63. The SMILES string of the molecule is CC(C)C(=O)c1ccc2[nH]ccc2n1. The lowest BCUT2D eigenvalue weighted by Crippen LogP contribution is -2.09. The minimum Gasteiger partial charge on any atom is -0.360 e.